The Morgan fingerprint density at radius 2 is 1.73 bits per heavy atom. The standard InChI is InChI=1S/C20H15ClO5/c21-17-9-5-4-8-16(17)20(23)26-12-15-10-18(22)19(13-24-15)25-11-14-6-2-1-3-7-14/h1-10,13H,11-12H2. The second-order valence-corrected chi connectivity index (χ2v) is 5.81. The van der Waals surface area contributed by atoms with Crippen LogP contribution in [0.4, 0.5) is 0 Å². The molecule has 0 aliphatic heterocycles. The van der Waals surface area contributed by atoms with Crippen LogP contribution in [0.3, 0.4) is 0 Å². The van der Waals surface area contributed by atoms with Crippen molar-refractivity contribution in [2.75, 3.05) is 0 Å². The quantitative estimate of drug-likeness (QED) is 0.607. The summed E-state index contributed by atoms with van der Waals surface area (Å²) in [5, 5.41) is 0.295. The summed E-state index contributed by atoms with van der Waals surface area (Å²) in [6, 6.07) is 17.2. The second-order valence-electron chi connectivity index (χ2n) is 5.41. The lowest BCUT2D eigenvalue weighted by atomic mass is 10.2. The molecule has 0 saturated carbocycles. The highest BCUT2D eigenvalue weighted by molar-refractivity contribution is 6.33. The normalized spacial score (nSPS) is 10.3. The predicted molar refractivity (Wildman–Crippen MR) is 96.3 cm³/mol. The van der Waals surface area contributed by atoms with Gasteiger partial charge in [-0.2, -0.15) is 0 Å². The van der Waals surface area contributed by atoms with Gasteiger partial charge in [-0.1, -0.05) is 54.1 Å². The van der Waals surface area contributed by atoms with Gasteiger partial charge in [0.05, 0.1) is 10.6 Å². The number of benzene rings is 2. The summed E-state index contributed by atoms with van der Waals surface area (Å²) < 4.78 is 15.9. The van der Waals surface area contributed by atoms with Crippen LogP contribution in [0, 0.1) is 0 Å². The number of hydrogen-bond acceptors (Lipinski definition) is 5. The molecule has 0 amide bonds. The third-order valence-electron chi connectivity index (χ3n) is 3.53. The van der Waals surface area contributed by atoms with Crippen LogP contribution in [-0.2, 0) is 18.0 Å². The van der Waals surface area contributed by atoms with Gasteiger partial charge in [0, 0.05) is 6.07 Å². The van der Waals surface area contributed by atoms with E-state index in [1.807, 2.05) is 30.3 Å². The molecule has 1 heterocycles. The van der Waals surface area contributed by atoms with Crippen molar-refractivity contribution in [1.29, 1.82) is 0 Å². The highest BCUT2D eigenvalue weighted by Crippen LogP contribution is 2.17. The highest BCUT2D eigenvalue weighted by Gasteiger charge is 2.12. The van der Waals surface area contributed by atoms with E-state index < -0.39 is 5.97 Å². The molecule has 0 saturated heterocycles. The fourth-order valence-electron chi connectivity index (χ4n) is 2.20. The largest absolute Gasteiger partial charge is 0.482 e. The van der Waals surface area contributed by atoms with Gasteiger partial charge >= 0.3 is 5.97 Å². The Morgan fingerprint density at radius 1 is 1.00 bits per heavy atom. The zero-order chi connectivity index (χ0) is 18.4. The van der Waals surface area contributed by atoms with Gasteiger partial charge in [-0.05, 0) is 17.7 Å². The van der Waals surface area contributed by atoms with Gasteiger partial charge in [0.15, 0.2) is 0 Å². The molecule has 5 nitrogen and oxygen atoms in total. The minimum Gasteiger partial charge on any atom is -0.482 e. The SMILES string of the molecule is O=C(OCc1cc(=O)c(OCc2ccccc2)co1)c1ccccc1Cl. The number of rotatable bonds is 6. The molecule has 0 N–H and O–H groups in total. The Hall–Kier alpha value is -3.05. The van der Waals surface area contributed by atoms with E-state index in [4.69, 9.17) is 25.5 Å². The summed E-state index contributed by atoms with van der Waals surface area (Å²) in [7, 11) is 0. The topological polar surface area (TPSA) is 65.7 Å². The zero-order valence-electron chi connectivity index (χ0n) is 13.7. The lowest BCUT2D eigenvalue weighted by Crippen LogP contribution is -2.10. The van der Waals surface area contributed by atoms with E-state index in [-0.39, 0.29) is 35.7 Å². The summed E-state index contributed by atoms with van der Waals surface area (Å²) >= 11 is 5.94. The first-order valence-electron chi connectivity index (χ1n) is 7.83. The van der Waals surface area contributed by atoms with E-state index in [0.717, 1.165) is 5.56 Å². The first-order chi connectivity index (χ1) is 12.6. The molecular formula is C20H15ClO5. The Balaban J connectivity index is 1.60. The number of halogens is 1. The van der Waals surface area contributed by atoms with Crippen LogP contribution in [0.1, 0.15) is 21.7 Å². The Morgan fingerprint density at radius 3 is 2.46 bits per heavy atom. The zero-order valence-corrected chi connectivity index (χ0v) is 14.4. The van der Waals surface area contributed by atoms with E-state index in [2.05, 4.69) is 0 Å². The molecule has 1 aromatic heterocycles. The molecule has 0 aliphatic rings. The summed E-state index contributed by atoms with van der Waals surface area (Å²) in [4.78, 5) is 24.1. The summed E-state index contributed by atoms with van der Waals surface area (Å²) in [6.07, 6.45) is 1.21. The van der Waals surface area contributed by atoms with E-state index in [9.17, 15) is 9.59 Å². The second kappa shape index (κ2) is 8.36. The number of hydrogen-bond donors (Lipinski definition) is 0. The van der Waals surface area contributed by atoms with Gasteiger partial charge in [0.2, 0.25) is 11.2 Å². The van der Waals surface area contributed by atoms with Crippen LogP contribution in [0.2, 0.25) is 5.02 Å². The van der Waals surface area contributed by atoms with E-state index in [0.29, 0.717) is 5.02 Å². The van der Waals surface area contributed by atoms with Crippen molar-refractivity contribution in [3.8, 4) is 5.75 Å². The van der Waals surface area contributed by atoms with Crippen LogP contribution in [0.5, 0.6) is 5.75 Å². The van der Waals surface area contributed by atoms with Gasteiger partial charge in [0.25, 0.3) is 0 Å². The number of esters is 1. The van der Waals surface area contributed by atoms with Crippen LogP contribution >= 0.6 is 11.6 Å². The molecule has 0 atom stereocenters. The molecule has 3 aromatic rings. The van der Waals surface area contributed by atoms with Crippen molar-refractivity contribution in [3.05, 3.63) is 99.1 Å². The van der Waals surface area contributed by atoms with Gasteiger partial charge in [-0.15, -0.1) is 0 Å². The number of carbonyl (C=O) groups excluding carboxylic acids is 1. The fraction of sp³-hybridized carbons (Fsp3) is 0.100. The highest BCUT2D eigenvalue weighted by atomic mass is 35.5. The molecule has 0 radical (unpaired) electrons. The molecular weight excluding hydrogens is 356 g/mol. The average Bonchev–Trinajstić information content (AvgIpc) is 2.66. The van der Waals surface area contributed by atoms with Crippen LogP contribution < -0.4 is 10.2 Å². The minimum absolute atomic E-state index is 0.0926. The van der Waals surface area contributed by atoms with Crippen molar-refractivity contribution in [2.24, 2.45) is 0 Å². The van der Waals surface area contributed by atoms with Crippen molar-refractivity contribution in [1.82, 2.24) is 0 Å². The third kappa shape index (κ3) is 4.52. The Kier molecular flexibility index (Phi) is 5.71. The number of ether oxygens (including phenoxy) is 2. The van der Waals surface area contributed by atoms with Crippen molar-refractivity contribution in [3.63, 3.8) is 0 Å². The maximum absolute atomic E-state index is 12.1. The van der Waals surface area contributed by atoms with Crippen LogP contribution in [0.15, 0.2) is 76.1 Å². The van der Waals surface area contributed by atoms with Gasteiger partial charge < -0.3 is 13.9 Å². The maximum Gasteiger partial charge on any atom is 0.340 e. The van der Waals surface area contributed by atoms with Crippen LogP contribution in [0.25, 0.3) is 0 Å². The first kappa shape index (κ1) is 17.8. The lowest BCUT2D eigenvalue weighted by molar-refractivity contribution is 0.0442. The van der Waals surface area contributed by atoms with Gasteiger partial charge in [-0.3, -0.25) is 4.79 Å². The molecule has 2 aromatic carbocycles. The smallest absolute Gasteiger partial charge is 0.340 e. The summed E-state index contributed by atoms with van der Waals surface area (Å²) in [5.41, 5.74) is 0.833. The van der Waals surface area contributed by atoms with Gasteiger partial charge in [-0.25, -0.2) is 4.79 Å². The Bertz CT molecular complexity index is 950. The van der Waals surface area contributed by atoms with E-state index in [1.54, 1.807) is 24.3 Å². The molecule has 6 heteroatoms. The number of carbonyl (C=O) groups is 1. The molecule has 0 fully saturated rings. The molecule has 132 valence electrons. The van der Waals surface area contributed by atoms with Crippen molar-refractivity contribution >= 4 is 17.6 Å². The maximum atomic E-state index is 12.1. The monoisotopic (exact) mass is 370 g/mol. The minimum atomic E-state index is -0.595. The van der Waals surface area contributed by atoms with Crippen LogP contribution in [-0.4, -0.2) is 5.97 Å². The lowest BCUT2D eigenvalue weighted by Gasteiger charge is -2.07. The van der Waals surface area contributed by atoms with E-state index >= 15 is 0 Å². The van der Waals surface area contributed by atoms with Gasteiger partial charge in [0.1, 0.15) is 25.2 Å². The molecule has 0 bridgehead atoms. The summed E-state index contributed by atoms with van der Waals surface area (Å²) in [6.45, 7) is 0.0741. The van der Waals surface area contributed by atoms with Crippen molar-refractivity contribution in [2.45, 2.75) is 13.2 Å². The Labute approximate surface area is 154 Å². The third-order valence-corrected chi connectivity index (χ3v) is 3.86. The predicted octanol–water partition coefficient (Wildman–Crippen LogP) is 4.23. The summed E-state index contributed by atoms with van der Waals surface area (Å²) in [5.74, 6) is -0.292. The molecule has 3 rings (SSSR count). The van der Waals surface area contributed by atoms with Crippen molar-refractivity contribution < 1.29 is 18.7 Å². The molecule has 26 heavy (non-hydrogen) atoms. The molecule has 0 spiro atoms. The fourth-order valence-corrected chi connectivity index (χ4v) is 2.41. The van der Waals surface area contributed by atoms with E-state index in [1.165, 1.54) is 12.3 Å². The molecule has 0 aliphatic carbocycles. The average molecular weight is 371 g/mol. The molecule has 0 unspecified atom stereocenters. The first-order valence-corrected chi connectivity index (χ1v) is 8.21.